The van der Waals surface area contributed by atoms with E-state index in [9.17, 15) is 0 Å². The SMILES string of the molecule is CCn1nc(C)cc1C(Cc1cc(C)ccc1C)NN. The zero-order valence-corrected chi connectivity index (χ0v) is 12.8. The molecule has 4 nitrogen and oxygen atoms in total. The number of nitrogens with one attached hydrogen (secondary N) is 1. The molecule has 0 fully saturated rings. The van der Waals surface area contributed by atoms with Crippen molar-refractivity contribution in [1.82, 2.24) is 15.2 Å². The molecule has 3 N–H and O–H groups in total. The first-order valence-electron chi connectivity index (χ1n) is 7.11. The molecule has 0 aliphatic heterocycles. The minimum atomic E-state index is 0.0802. The molecule has 2 aromatic rings. The van der Waals surface area contributed by atoms with Crippen LogP contribution in [0.3, 0.4) is 0 Å². The largest absolute Gasteiger partial charge is 0.271 e. The lowest BCUT2D eigenvalue weighted by molar-refractivity contribution is 0.489. The minimum absolute atomic E-state index is 0.0802. The number of aromatic nitrogens is 2. The van der Waals surface area contributed by atoms with Crippen molar-refractivity contribution in [2.45, 2.75) is 46.7 Å². The van der Waals surface area contributed by atoms with E-state index in [4.69, 9.17) is 5.84 Å². The van der Waals surface area contributed by atoms with Gasteiger partial charge in [-0.25, -0.2) is 0 Å². The predicted molar refractivity (Wildman–Crippen MR) is 82.3 cm³/mol. The first-order valence-corrected chi connectivity index (χ1v) is 7.11. The standard InChI is InChI=1S/C16H24N4/c1-5-20-16(9-13(4)19-20)15(18-17)10-14-8-11(2)6-7-12(14)3/h6-9,15,18H,5,10,17H2,1-4H3. The van der Waals surface area contributed by atoms with Gasteiger partial charge in [-0.15, -0.1) is 0 Å². The number of nitrogens with zero attached hydrogens (tertiary/aromatic N) is 2. The van der Waals surface area contributed by atoms with E-state index in [0.29, 0.717) is 0 Å². The third-order valence-corrected chi connectivity index (χ3v) is 3.72. The highest BCUT2D eigenvalue weighted by atomic mass is 15.3. The number of aryl methyl sites for hydroxylation is 4. The van der Waals surface area contributed by atoms with Gasteiger partial charge >= 0.3 is 0 Å². The third-order valence-electron chi connectivity index (χ3n) is 3.72. The van der Waals surface area contributed by atoms with Gasteiger partial charge in [0, 0.05) is 6.54 Å². The van der Waals surface area contributed by atoms with E-state index in [1.54, 1.807) is 0 Å². The fourth-order valence-electron chi connectivity index (χ4n) is 2.59. The highest BCUT2D eigenvalue weighted by molar-refractivity contribution is 5.32. The Kier molecular flexibility index (Phi) is 4.57. The quantitative estimate of drug-likeness (QED) is 0.650. The third kappa shape index (κ3) is 3.08. The summed E-state index contributed by atoms with van der Waals surface area (Å²) in [7, 11) is 0. The van der Waals surface area contributed by atoms with Crippen LogP contribution in [0.15, 0.2) is 24.3 Å². The summed E-state index contributed by atoms with van der Waals surface area (Å²) in [4.78, 5) is 0. The van der Waals surface area contributed by atoms with Gasteiger partial charge in [-0.1, -0.05) is 23.8 Å². The maximum Gasteiger partial charge on any atom is 0.0669 e. The summed E-state index contributed by atoms with van der Waals surface area (Å²) in [5.74, 6) is 5.78. The minimum Gasteiger partial charge on any atom is -0.271 e. The molecule has 1 unspecified atom stereocenters. The number of hydrogen-bond acceptors (Lipinski definition) is 3. The van der Waals surface area contributed by atoms with Crippen LogP contribution in [-0.4, -0.2) is 9.78 Å². The van der Waals surface area contributed by atoms with Gasteiger partial charge in [-0.2, -0.15) is 5.10 Å². The number of rotatable bonds is 5. The monoisotopic (exact) mass is 272 g/mol. The molecular weight excluding hydrogens is 248 g/mol. The Labute approximate surface area is 121 Å². The van der Waals surface area contributed by atoms with Crippen molar-refractivity contribution in [3.05, 3.63) is 52.3 Å². The van der Waals surface area contributed by atoms with Gasteiger partial charge in [0.15, 0.2) is 0 Å². The van der Waals surface area contributed by atoms with Crippen LogP contribution in [-0.2, 0) is 13.0 Å². The normalized spacial score (nSPS) is 12.7. The maximum absolute atomic E-state index is 5.78. The van der Waals surface area contributed by atoms with E-state index in [1.807, 2.05) is 11.6 Å². The van der Waals surface area contributed by atoms with Gasteiger partial charge < -0.3 is 0 Å². The van der Waals surface area contributed by atoms with Crippen molar-refractivity contribution in [1.29, 1.82) is 0 Å². The van der Waals surface area contributed by atoms with Crippen molar-refractivity contribution >= 4 is 0 Å². The molecule has 0 aliphatic carbocycles. The van der Waals surface area contributed by atoms with Crippen LogP contribution < -0.4 is 11.3 Å². The molecule has 20 heavy (non-hydrogen) atoms. The number of nitrogens with two attached hydrogens (primary N) is 1. The molecule has 1 aromatic heterocycles. The van der Waals surface area contributed by atoms with Crippen molar-refractivity contribution in [3.8, 4) is 0 Å². The fraction of sp³-hybridized carbons (Fsp3) is 0.438. The summed E-state index contributed by atoms with van der Waals surface area (Å²) in [6.07, 6.45) is 0.870. The van der Waals surface area contributed by atoms with E-state index in [2.05, 4.69) is 55.6 Å². The van der Waals surface area contributed by atoms with Crippen molar-refractivity contribution in [3.63, 3.8) is 0 Å². The lowest BCUT2D eigenvalue weighted by atomic mass is 9.97. The van der Waals surface area contributed by atoms with Crippen LogP contribution in [0.2, 0.25) is 0 Å². The molecule has 2 rings (SSSR count). The molecule has 0 saturated heterocycles. The summed E-state index contributed by atoms with van der Waals surface area (Å²) < 4.78 is 2.02. The molecule has 0 saturated carbocycles. The van der Waals surface area contributed by atoms with Gasteiger partial charge in [0.1, 0.15) is 0 Å². The molecule has 0 aliphatic rings. The molecule has 0 radical (unpaired) electrons. The second-order valence-corrected chi connectivity index (χ2v) is 5.38. The van der Waals surface area contributed by atoms with E-state index in [1.165, 1.54) is 16.7 Å². The Balaban J connectivity index is 2.30. The van der Waals surface area contributed by atoms with Crippen LogP contribution in [0.1, 0.15) is 41.0 Å². The van der Waals surface area contributed by atoms with Crippen LogP contribution >= 0.6 is 0 Å². The molecule has 4 heteroatoms. The number of hydrogen-bond donors (Lipinski definition) is 2. The van der Waals surface area contributed by atoms with Crippen LogP contribution in [0.5, 0.6) is 0 Å². The molecule has 108 valence electrons. The summed E-state index contributed by atoms with van der Waals surface area (Å²) >= 11 is 0. The maximum atomic E-state index is 5.78. The second-order valence-electron chi connectivity index (χ2n) is 5.38. The highest BCUT2D eigenvalue weighted by Crippen LogP contribution is 2.21. The Hall–Kier alpha value is -1.65. The van der Waals surface area contributed by atoms with Crippen LogP contribution in [0.4, 0.5) is 0 Å². The van der Waals surface area contributed by atoms with E-state index in [-0.39, 0.29) is 6.04 Å². The molecule has 1 atom stereocenters. The van der Waals surface area contributed by atoms with Gasteiger partial charge in [0.2, 0.25) is 0 Å². The Morgan fingerprint density at radius 3 is 2.65 bits per heavy atom. The van der Waals surface area contributed by atoms with Crippen molar-refractivity contribution in [2.75, 3.05) is 0 Å². The van der Waals surface area contributed by atoms with Gasteiger partial charge in [-0.3, -0.25) is 16.0 Å². The van der Waals surface area contributed by atoms with Gasteiger partial charge in [-0.05, 0) is 51.3 Å². The summed E-state index contributed by atoms with van der Waals surface area (Å²) in [6, 6.07) is 8.74. The molecule has 1 heterocycles. The Morgan fingerprint density at radius 1 is 1.25 bits per heavy atom. The number of hydrazine groups is 1. The first kappa shape index (κ1) is 14.8. The summed E-state index contributed by atoms with van der Waals surface area (Å²) in [6.45, 7) is 9.23. The second kappa shape index (κ2) is 6.20. The van der Waals surface area contributed by atoms with Gasteiger partial charge in [0.05, 0.1) is 17.4 Å². The predicted octanol–water partition coefficient (Wildman–Crippen LogP) is 2.58. The van der Waals surface area contributed by atoms with Crippen LogP contribution in [0, 0.1) is 20.8 Å². The van der Waals surface area contributed by atoms with E-state index >= 15 is 0 Å². The molecule has 0 bridgehead atoms. The van der Waals surface area contributed by atoms with Crippen molar-refractivity contribution < 1.29 is 0 Å². The lowest BCUT2D eigenvalue weighted by Gasteiger charge is -2.18. The van der Waals surface area contributed by atoms with E-state index in [0.717, 1.165) is 24.4 Å². The lowest BCUT2D eigenvalue weighted by Crippen LogP contribution is -2.31. The summed E-state index contributed by atoms with van der Waals surface area (Å²) in [5.41, 5.74) is 9.03. The summed E-state index contributed by atoms with van der Waals surface area (Å²) in [5, 5.41) is 4.50. The fourth-order valence-corrected chi connectivity index (χ4v) is 2.59. The number of benzene rings is 1. The van der Waals surface area contributed by atoms with Gasteiger partial charge in [0.25, 0.3) is 0 Å². The smallest absolute Gasteiger partial charge is 0.0669 e. The van der Waals surface area contributed by atoms with Crippen LogP contribution in [0.25, 0.3) is 0 Å². The zero-order valence-electron chi connectivity index (χ0n) is 12.8. The van der Waals surface area contributed by atoms with Crippen molar-refractivity contribution in [2.24, 2.45) is 5.84 Å². The first-order chi connectivity index (χ1) is 9.55. The molecule has 1 aromatic carbocycles. The Bertz CT molecular complexity index is 586. The highest BCUT2D eigenvalue weighted by Gasteiger charge is 2.17. The Morgan fingerprint density at radius 2 is 2.00 bits per heavy atom. The topological polar surface area (TPSA) is 55.9 Å². The zero-order chi connectivity index (χ0) is 14.7. The average Bonchev–Trinajstić information content (AvgIpc) is 2.80. The molecule has 0 amide bonds. The van der Waals surface area contributed by atoms with E-state index < -0.39 is 0 Å². The molecule has 0 spiro atoms. The molecular formula is C16H24N4. The average molecular weight is 272 g/mol.